The largest absolute Gasteiger partial charge is 0.463 e. The van der Waals surface area contributed by atoms with Crippen molar-refractivity contribution in [3.05, 3.63) is 11.6 Å². The van der Waals surface area contributed by atoms with Gasteiger partial charge >= 0.3 is 5.97 Å². The first kappa shape index (κ1) is 11.2. The molecule has 0 aromatic heterocycles. The Labute approximate surface area is 101 Å². The van der Waals surface area contributed by atoms with E-state index in [4.69, 9.17) is 14.2 Å². The number of rotatable bonds is 2. The molecular formula is C13H18O4. The summed E-state index contributed by atoms with van der Waals surface area (Å²) in [6, 6.07) is 0. The van der Waals surface area contributed by atoms with Crippen LogP contribution < -0.4 is 0 Å². The molecule has 0 N–H and O–H groups in total. The van der Waals surface area contributed by atoms with E-state index >= 15 is 0 Å². The molecule has 3 fully saturated rings. The zero-order chi connectivity index (χ0) is 11.9. The molecule has 1 heterocycles. The van der Waals surface area contributed by atoms with Gasteiger partial charge < -0.3 is 14.2 Å². The summed E-state index contributed by atoms with van der Waals surface area (Å²) in [5, 5.41) is 0. The summed E-state index contributed by atoms with van der Waals surface area (Å²) < 4.78 is 16.4. The third-order valence-corrected chi connectivity index (χ3v) is 4.07. The molecule has 1 saturated heterocycles. The molecule has 4 heteroatoms. The molecule has 17 heavy (non-hydrogen) atoms. The van der Waals surface area contributed by atoms with E-state index in [1.54, 1.807) is 6.08 Å². The number of carbonyl (C=O) groups is 1. The van der Waals surface area contributed by atoms with Gasteiger partial charge in [0.25, 0.3) is 0 Å². The van der Waals surface area contributed by atoms with E-state index in [1.165, 1.54) is 5.57 Å². The van der Waals surface area contributed by atoms with Crippen molar-refractivity contribution in [2.24, 2.45) is 11.8 Å². The van der Waals surface area contributed by atoms with Crippen molar-refractivity contribution in [3.8, 4) is 0 Å². The third kappa shape index (κ3) is 1.79. The van der Waals surface area contributed by atoms with Crippen LogP contribution in [0.25, 0.3) is 0 Å². The Balaban J connectivity index is 1.64. The molecule has 1 aliphatic heterocycles. The van der Waals surface area contributed by atoms with Gasteiger partial charge in [-0.2, -0.15) is 0 Å². The van der Waals surface area contributed by atoms with Crippen molar-refractivity contribution in [2.45, 2.75) is 32.0 Å². The molecule has 3 rings (SSSR count). The molecule has 94 valence electrons. The third-order valence-electron chi connectivity index (χ3n) is 4.07. The number of ether oxygens (including phenoxy) is 3. The summed E-state index contributed by atoms with van der Waals surface area (Å²) in [6.45, 7) is 3.68. The highest BCUT2D eigenvalue weighted by Crippen LogP contribution is 2.58. The Morgan fingerprint density at radius 2 is 2.24 bits per heavy atom. The molecule has 4 nitrogen and oxygen atoms in total. The van der Waals surface area contributed by atoms with E-state index in [9.17, 15) is 4.79 Å². The quantitative estimate of drug-likeness (QED) is 0.542. The maximum absolute atomic E-state index is 11.4. The Bertz CT molecular complexity index is 354. The molecular weight excluding hydrogens is 220 g/mol. The molecule has 0 radical (unpaired) electrons. The Morgan fingerprint density at radius 1 is 1.47 bits per heavy atom. The second-order valence-corrected chi connectivity index (χ2v) is 5.04. The van der Waals surface area contributed by atoms with Crippen LogP contribution in [0.15, 0.2) is 11.6 Å². The van der Waals surface area contributed by atoms with Crippen LogP contribution in [0.2, 0.25) is 0 Å². The summed E-state index contributed by atoms with van der Waals surface area (Å²) in [5.74, 6) is 0.556. The number of hydrogen-bond acceptors (Lipinski definition) is 4. The highest BCUT2D eigenvalue weighted by atomic mass is 16.7. The van der Waals surface area contributed by atoms with Crippen LogP contribution in [0, 0.1) is 11.8 Å². The van der Waals surface area contributed by atoms with Gasteiger partial charge in [-0.3, -0.25) is 0 Å². The Kier molecular flexibility index (Phi) is 2.71. The van der Waals surface area contributed by atoms with Gasteiger partial charge in [0.2, 0.25) is 0 Å². The fraction of sp³-hybridized carbons (Fsp3) is 0.769. The normalized spacial score (nSPS) is 35.9. The standard InChI is InChI=1S/C13H18O4/c1-2-15-12(14)7-9-5-10-8-13(11(10)6-9)16-3-4-17-13/h7,10-11H,2-6,8H2,1H3/b9-7+. The van der Waals surface area contributed by atoms with E-state index in [0.717, 1.165) is 19.3 Å². The number of esters is 1. The summed E-state index contributed by atoms with van der Waals surface area (Å²) in [7, 11) is 0. The predicted octanol–water partition coefficient (Wildman–Crippen LogP) is 1.65. The van der Waals surface area contributed by atoms with Crippen molar-refractivity contribution in [2.75, 3.05) is 19.8 Å². The number of fused-ring (bicyclic) bond motifs is 2. The lowest BCUT2D eigenvalue weighted by molar-refractivity contribution is -0.267. The molecule has 2 aliphatic carbocycles. The second-order valence-electron chi connectivity index (χ2n) is 5.04. The maximum atomic E-state index is 11.4. The predicted molar refractivity (Wildman–Crippen MR) is 60.2 cm³/mol. The lowest BCUT2D eigenvalue weighted by atomic mass is 9.70. The van der Waals surface area contributed by atoms with Crippen LogP contribution in [0.1, 0.15) is 26.2 Å². The zero-order valence-corrected chi connectivity index (χ0v) is 10.1. The molecule has 0 bridgehead atoms. The van der Waals surface area contributed by atoms with Crippen LogP contribution in [-0.2, 0) is 19.0 Å². The van der Waals surface area contributed by atoms with Crippen molar-refractivity contribution in [1.29, 1.82) is 0 Å². The van der Waals surface area contributed by atoms with Crippen LogP contribution >= 0.6 is 0 Å². The molecule has 3 aliphatic rings. The van der Waals surface area contributed by atoms with Gasteiger partial charge in [0.05, 0.1) is 19.8 Å². The number of allylic oxidation sites excluding steroid dienone is 1. The van der Waals surface area contributed by atoms with Crippen LogP contribution in [0.4, 0.5) is 0 Å². The summed E-state index contributed by atoms with van der Waals surface area (Å²) in [5.41, 5.74) is 1.19. The van der Waals surface area contributed by atoms with Gasteiger partial charge in [-0.05, 0) is 25.7 Å². The fourth-order valence-electron chi connectivity index (χ4n) is 3.37. The molecule has 2 unspecified atom stereocenters. The Hall–Kier alpha value is -0.870. The first-order valence-corrected chi connectivity index (χ1v) is 6.37. The zero-order valence-electron chi connectivity index (χ0n) is 10.1. The monoisotopic (exact) mass is 238 g/mol. The number of carbonyl (C=O) groups excluding carboxylic acids is 1. The molecule has 0 aromatic carbocycles. The molecule has 0 aromatic rings. The summed E-state index contributed by atoms with van der Waals surface area (Å²) in [6.07, 6.45) is 4.56. The van der Waals surface area contributed by atoms with Crippen LogP contribution in [0.3, 0.4) is 0 Å². The first-order valence-electron chi connectivity index (χ1n) is 6.37. The van der Waals surface area contributed by atoms with Crippen molar-refractivity contribution in [3.63, 3.8) is 0 Å². The van der Waals surface area contributed by atoms with Crippen molar-refractivity contribution in [1.82, 2.24) is 0 Å². The minimum Gasteiger partial charge on any atom is -0.463 e. The topological polar surface area (TPSA) is 44.8 Å². The Morgan fingerprint density at radius 3 is 2.94 bits per heavy atom. The highest BCUT2D eigenvalue weighted by Gasteiger charge is 2.60. The SMILES string of the molecule is CCOC(=O)/C=C1\CC2CC3(OCCO3)C2C1. The highest BCUT2D eigenvalue weighted by molar-refractivity contribution is 5.82. The van der Waals surface area contributed by atoms with Crippen molar-refractivity contribution >= 4 is 5.97 Å². The minimum atomic E-state index is -0.311. The van der Waals surface area contributed by atoms with E-state index in [-0.39, 0.29) is 11.8 Å². The fourth-order valence-corrected chi connectivity index (χ4v) is 3.37. The van der Waals surface area contributed by atoms with Gasteiger partial charge in [-0.15, -0.1) is 0 Å². The van der Waals surface area contributed by atoms with Crippen molar-refractivity contribution < 1.29 is 19.0 Å². The summed E-state index contributed by atoms with van der Waals surface area (Å²) >= 11 is 0. The molecule has 2 saturated carbocycles. The average molecular weight is 238 g/mol. The van der Waals surface area contributed by atoms with Crippen LogP contribution in [-0.4, -0.2) is 31.6 Å². The molecule has 1 spiro atoms. The second kappa shape index (κ2) is 4.10. The van der Waals surface area contributed by atoms with Gasteiger partial charge in [-0.25, -0.2) is 4.79 Å². The first-order chi connectivity index (χ1) is 8.23. The smallest absolute Gasteiger partial charge is 0.330 e. The number of hydrogen-bond donors (Lipinski definition) is 0. The molecule has 2 atom stereocenters. The average Bonchev–Trinajstić information content (AvgIpc) is 2.85. The van der Waals surface area contributed by atoms with Gasteiger partial charge in [-0.1, -0.05) is 5.57 Å². The maximum Gasteiger partial charge on any atom is 0.330 e. The van der Waals surface area contributed by atoms with Gasteiger partial charge in [0.15, 0.2) is 5.79 Å². The van der Waals surface area contributed by atoms with Crippen LogP contribution in [0.5, 0.6) is 0 Å². The van der Waals surface area contributed by atoms with Gasteiger partial charge in [0, 0.05) is 18.4 Å². The van der Waals surface area contributed by atoms with E-state index in [0.29, 0.717) is 31.7 Å². The van der Waals surface area contributed by atoms with Gasteiger partial charge in [0.1, 0.15) is 0 Å². The van der Waals surface area contributed by atoms with E-state index < -0.39 is 0 Å². The molecule has 0 amide bonds. The van der Waals surface area contributed by atoms with E-state index in [1.807, 2.05) is 6.92 Å². The lowest BCUT2D eigenvalue weighted by Gasteiger charge is -2.47. The lowest BCUT2D eigenvalue weighted by Crippen LogP contribution is -2.52. The summed E-state index contributed by atoms with van der Waals surface area (Å²) in [4.78, 5) is 11.4. The minimum absolute atomic E-state index is 0.217. The van der Waals surface area contributed by atoms with E-state index in [2.05, 4.69) is 0 Å².